The Balaban J connectivity index is 1.36. The van der Waals surface area contributed by atoms with Crippen LogP contribution in [0.3, 0.4) is 0 Å². The van der Waals surface area contributed by atoms with Gasteiger partial charge in [-0.25, -0.2) is 14.8 Å². The highest BCUT2D eigenvalue weighted by atomic mass is 19.4. The third-order valence-electron chi connectivity index (χ3n) is 5.67. The molecule has 1 aliphatic heterocycles. The van der Waals surface area contributed by atoms with Gasteiger partial charge in [0.05, 0.1) is 35.4 Å². The quantitative estimate of drug-likeness (QED) is 0.435. The average Bonchev–Trinajstić information content (AvgIpc) is 3.44. The van der Waals surface area contributed by atoms with Gasteiger partial charge >= 0.3 is 12.2 Å². The van der Waals surface area contributed by atoms with Crippen LogP contribution in [0.2, 0.25) is 0 Å². The molecule has 178 valence electrons. The molecule has 0 saturated carbocycles. The number of carbonyl (C=O) groups excluding carboxylic acids is 2. The summed E-state index contributed by atoms with van der Waals surface area (Å²) in [5.74, 6) is 0.746. The maximum Gasteiger partial charge on any atom is 0.416 e. The first-order chi connectivity index (χ1) is 16.7. The van der Waals surface area contributed by atoms with Crippen LogP contribution in [0.25, 0.3) is 10.9 Å². The number of carbonyl (C=O) groups is 2. The summed E-state index contributed by atoms with van der Waals surface area (Å²) >= 11 is 0. The molecule has 2 aromatic heterocycles. The number of nitrogens with zero attached hydrogens (tertiary/aromatic N) is 4. The first-order valence-corrected chi connectivity index (χ1v) is 10.5. The number of amides is 2. The van der Waals surface area contributed by atoms with Gasteiger partial charge in [0.25, 0.3) is 0 Å². The molecule has 3 heterocycles. The lowest BCUT2D eigenvalue weighted by molar-refractivity contribution is -0.137. The molecule has 1 N–H and O–H groups in total. The summed E-state index contributed by atoms with van der Waals surface area (Å²) in [6.07, 6.45) is -1.61. The number of hydrogen-bond donors (Lipinski definition) is 1. The number of aromatic nitrogens is 3. The van der Waals surface area contributed by atoms with Crippen LogP contribution in [0.1, 0.15) is 23.7 Å². The molecule has 5 rings (SSSR count). The SMILES string of the molecule is CC(=O)N1Cc2ncnc(Oc3ccc4c(ccn4C(=O)Nc4cccc(C(F)(F)F)c4)c3)c2C1. The third-order valence-corrected chi connectivity index (χ3v) is 5.67. The Morgan fingerprint density at radius 3 is 2.66 bits per heavy atom. The van der Waals surface area contributed by atoms with E-state index in [9.17, 15) is 22.8 Å². The molecule has 0 fully saturated rings. The van der Waals surface area contributed by atoms with Crippen molar-refractivity contribution in [1.82, 2.24) is 19.4 Å². The van der Waals surface area contributed by atoms with Crippen LogP contribution >= 0.6 is 0 Å². The molecule has 4 aromatic rings. The Morgan fingerprint density at radius 2 is 1.89 bits per heavy atom. The smallest absolute Gasteiger partial charge is 0.416 e. The number of alkyl halides is 3. The lowest BCUT2D eigenvalue weighted by atomic mass is 10.2. The van der Waals surface area contributed by atoms with E-state index in [1.807, 2.05) is 0 Å². The largest absolute Gasteiger partial charge is 0.439 e. The van der Waals surface area contributed by atoms with E-state index in [2.05, 4.69) is 15.3 Å². The Morgan fingerprint density at radius 1 is 1.06 bits per heavy atom. The number of anilines is 1. The fourth-order valence-electron chi connectivity index (χ4n) is 3.89. The molecule has 0 aliphatic carbocycles. The highest BCUT2D eigenvalue weighted by molar-refractivity contribution is 5.98. The van der Waals surface area contributed by atoms with Gasteiger partial charge < -0.3 is 15.0 Å². The molecule has 35 heavy (non-hydrogen) atoms. The van der Waals surface area contributed by atoms with Gasteiger partial charge in [-0.1, -0.05) is 6.07 Å². The molecular weight excluding hydrogens is 463 g/mol. The molecule has 2 aromatic carbocycles. The van der Waals surface area contributed by atoms with Crippen molar-refractivity contribution < 1.29 is 27.5 Å². The molecule has 8 nitrogen and oxygen atoms in total. The number of fused-ring (bicyclic) bond motifs is 2. The number of rotatable bonds is 3. The first-order valence-electron chi connectivity index (χ1n) is 10.5. The van der Waals surface area contributed by atoms with Gasteiger partial charge in [-0.2, -0.15) is 13.2 Å². The molecule has 0 radical (unpaired) electrons. The minimum atomic E-state index is -4.51. The summed E-state index contributed by atoms with van der Waals surface area (Å²) in [4.78, 5) is 34.5. The highest BCUT2D eigenvalue weighted by Crippen LogP contribution is 2.33. The van der Waals surface area contributed by atoms with E-state index >= 15 is 0 Å². The van der Waals surface area contributed by atoms with Gasteiger partial charge in [-0.3, -0.25) is 9.36 Å². The predicted octanol–water partition coefficient (Wildman–Crippen LogP) is 5.18. The van der Waals surface area contributed by atoms with Gasteiger partial charge in [-0.15, -0.1) is 0 Å². The van der Waals surface area contributed by atoms with Crippen LogP contribution in [0, 0.1) is 0 Å². The normalized spacial score (nSPS) is 13.1. The molecular formula is C24H18F3N5O3. The monoisotopic (exact) mass is 481 g/mol. The topological polar surface area (TPSA) is 89.4 Å². The van der Waals surface area contributed by atoms with Crippen molar-refractivity contribution in [3.05, 3.63) is 77.9 Å². The van der Waals surface area contributed by atoms with Gasteiger partial charge in [0.2, 0.25) is 11.8 Å². The second-order valence-corrected chi connectivity index (χ2v) is 8.00. The number of nitrogens with one attached hydrogen (secondary N) is 1. The molecule has 0 unspecified atom stereocenters. The highest BCUT2D eigenvalue weighted by Gasteiger charge is 2.30. The molecule has 2 amide bonds. The van der Waals surface area contributed by atoms with Crippen molar-refractivity contribution >= 4 is 28.5 Å². The summed E-state index contributed by atoms with van der Waals surface area (Å²) < 4.78 is 46.1. The van der Waals surface area contributed by atoms with Gasteiger partial charge in [0.1, 0.15) is 12.1 Å². The Hall–Kier alpha value is -4.41. The van der Waals surface area contributed by atoms with Gasteiger partial charge in [0, 0.05) is 24.2 Å². The molecule has 0 saturated heterocycles. The number of benzene rings is 2. The fourth-order valence-corrected chi connectivity index (χ4v) is 3.89. The third kappa shape index (κ3) is 4.39. The van der Waals surface area contributed by atoms with E-state index in [1.165, 1.54) is 36.1 Å². The van der Waals surface area contributed by atoms with Crippen LogP contribution in [0.5, 0.6) is 11.6 Å². The predicted molar refractivity (Wildman–Crippen MR) is 120 cm³/mol. The van der Waals surface area contributed by atoms with E-state index in [1.54, 1.807) is 29.2 Å². The number of halogens is 3. The molecule has 1 aliphatic rings. The Bertz CT molecular complexity index is 1460. The summed E-state index contributed by atoms with van der Waals surface area (Å²) in [6.45, 7) is 2.24. The van der Waals surface area contributed by atoms with E-state index in [-0.39, 0.29) is 11.6 Å². The molecule has 11 heteroatoms. The summed E-state index contributed by atoms with van der Waals surface area (Å²) in [6, 6.07) is 10.6. The number of hydrogen-bond acceptors (Lipinski definition) is 5. The second kappa shape index (κ2) is 8.42. The van der Waals surface area contributed by atoms with Crippen molar-refractivity contribution in [2.75, 3.05) is 5.32 Å². The van der Waals surface area contributed by atoms with Gasteiger partial charge in [-0.05, 0) is 42.5 Å². The second-order valence-electron chi connectivity index (χ2n) is 8.00. The van der Waals surface area contributed by atoms with E-state index in [0.29, 0.717) is 35.6 Å². The van der Waals surface area contributed by atoms with Crippen LogP contribution in [0.15, 0.2) is 61.1 Å². The number of ether oxygens (including phenoxy) is 1. The standard InChI is InChI=1S/C24H18F3N5O3/c1-14(33)31-11-19-20(12-31)28-13-29-22(19)35-18-5-6-21-15(9-18)7-8-32(21)23(34)30-17-4-2-3-16(10-17)24(25,26)27/h2-10,13H,11-12H2,1H3,(H,30,34). The summed E-state index contributed by atoms with van der Waals surface area (Å²) in [5, 5.41) is 3.17. The molecule has 0 spiro atoms. The molecule has 0 bridgehead atoms. The van der Waals surface area contributed by atoms with E-state index < -0.39 is 17.8 Å². The van der Waals surface area contributed by atoms with Crippen LogP contribution < -0.4 is 10.1 Å². The van der Waals surface area contributed by atoms with Crippen molar-refractivity contribution in [2.45, 2.75) is 26.2 Å². The van der Waals surface area contributed by atoms with Crippen LogP contribution in [0.4, 0.5) is 23.7 Å². The maximum atomic E-state index is 13.0. The lowest BCUT2D eigenvalue weighted by Gasteiger charge is -2.12. The van der Waals surface area contributed by atoms with E-state index in [0.717, 1.165) is 23.4 Å². The van der Waals surface area contributed by atoms with Crippen LogP contribution in [-0.2, 0) is 24.1 Å². The first kappa shape index (κ1) is 22.4. The van der Waals surface area contributed by atoms with Crippen molar-refractivity contribution in [3.8, 4) is 11.6 Å². The van der Waals surface area contributed by atoms with Crippen molar-refractivity contribution in [3.63, 3.8) is 0 Å². The maximum absolute atomic E-state index is 13.0. The van der Waals surface area contributed by atoms with Crippen molar-refractivity contribution in [2.24, 2.45) is 0 Å². The summed E-state index contributed by atoms with van der Waals surface area (Å²) in [7, 11) is 0. The summed E-state index contributed by atoms with van der Waals surface area (Å²) in [5.41, 5.74) is 1.18. The van der Waals surface area contributed by atoms with Crippen molar-refractivity contribution in [1.29, 1.82) is 0 Å². The zero-order valence-electron chi connectivity index (χ0n) is 18.3. The minimum Gasteiger partial charge on any atom is -0.439 e. The Kier molecular flexibility index (Phi) is 5.39. The Labute approximate surface area is 197 Å². The zero-order chi connectivity index (χ0) is 24.7. The van der Waals surface area contributed by atoms with Gasteiger partial charge in [0.15, 0.2) is 0 Å². The van der Waals surface area contributed by atoms with Crippen LogP contribution in [-0.4, -0.2) is 31.4 Å². The molecule has 0 atom stereocenters. The minimum absolute atomic E-state index is 0.0313. The zero-order valence-corrected chi connectivity index (χ0v) is 18.3. The van der Waals surface area contributed by atoms with E-state index in [4.69, 9.17) is 4.74 Å². The average molecular weight is 481 g/mol. The fraction of sp³-hybridized carbons (Fsp3) is 0.167. The lowest BCUT2D eigenvalue weighted by Crippen LogP contribution is -2.21.